The van der Waals surface area contributed by atoms with Crippen LogP contribution in [0, 0.1) is 0 Å². The molecule has 0 aromatic heterocycles. The molecule has 0 radical (unpaired) electrons. The lowest BCUT2D eigenvalue weighted by molar-refractivity contribution is -0.123. The molecular formula is C61H121NO3. The molecule has 65 heavy (non-hydrogen) atoms. The Bertz CT molecular complexity index is 905. The van der Waals surface area contributed by atoms with Crippen LogP contribution in [-0.2, 0) is 4.79 Å². The van der Waals surface area contributed by atoms with Gasteiger partial charge in [-0.1, -0.05) is 341 Å². The van der Waals surface area contributed by atoms with Crippen LogP contribution >= 0.6 is 0 Å². The number of aliphatic hydroxyl groups excluding tert-OH is 2. The summed E-state index contributed by atoms with van der Waals surface area (Å²) < 4.78 is 0. The summed E-state index contributed by atoms with van der Waals surface area (Å²) >= 11 is 0. The molecule has 4 nitrogen and oxygen atoms in total. The van der Waals surface area contributed by atoms with Crippen molar-refractivity contribution in [1.29, 1.82) is 0 Å². The molecule has 2 atom stereocenters. The van der Waals surface area contributed by atoms with E-state index >= 15 is 0 Å². The average Bonchev–Trinajstić information content (AvgIpc) is 3.31. The van der Waals surface area contributed by atoms with Gasteiger partial charge in [-0.05, 0) is 19.3 Å². The molecule has 4 heteroatoms. The van der Waals surface area contributed by atoms with Crippen molar-refractivity contribution in [3.63, 3.8) is 0 Å². The molecule has 2 unspecified atom stereocenters. The Kier molecular flexibility index (Phi) is 56.7. The van der Waals surface area contributed by atoms with E-state index in [1.165, 1.54) is 308 Å². The van der Waals surface area contributed by atoms with Gasteiger partial charge >= 0.3 is 0 Å². The van der Waals surface area contributed by atoms with Crippen LogP contribution in [0.5, 0.6) is 0 Å². The summed E-state index contributed by atoms with van der Waals surface area (Å²) in [6, 6.07) is -0.618. The van der Waals surface area contributed by atoms with Crippen molar-refractivity contribution < 1.29 is 15.0 Å². The van der Waals surface area contributed by atoms with Crippen LogP contribution in [0.3, 0.4) is 0 Å². The van der Waals surface area contributed by atoms with E-state index in [2.05, 4.69) is 19.2 Å². The highest BCUT2D eigenvalue weighted by Crippen LogP contribution is 2.19. The molecular weight excluding hydrogens is 795 g/mol. The van der Waals surface area contributed by atoms with Gasteiger partial charge in [-0.2, -0.15) is 0 Å². The van der Waals surface area contributed by atoms with Gasteiger partial charge in [-0.3, -0.25) is 4.79 Å². The molecule has 0 spiro atoms. The number of allylic oxidation sites excluding steroid dienone is 1. The second-order valence-electron chi connectivity index (χ2n) is 21.1. The maximum atomic E-state index is 12.5. The lowest BCUT2D eigenvalue weighted by Gasteiger charge is -2.20. The molecule has 0 bridgehead atoms. The summed E-state index contributed by atoms with van der Waals surface area (Å²) in [4.78, 5) is 12.5. The van der Waals surface area contributed by atoms with Crippen molar-refractivity contribution in [2.75, 3.05) is 6.61 Å². The monoisotopic (exact) mass is 916 g/mol. The molecule has 0 aliphatic carbocycles. The van der Waals surface area contributed by atoms with Crippen molar-refractivity contribution in [2.24, 2.45) is 0 Å². The highest BCUT2D eigenvalue weighted by Gasteiger charge is 2.18. The molecule has 0 fully saturated rings. The van der Waals surface area contributed by atoms with E-state index in [1.807, 2.05) is 6.08 Å². The summed E-state index contributed by atoms with van der Waals surface area (Å²) in [5.41, 5.74) is 0. The summed E-state index contributed by atoms with van der Waals surface area (Å²) in [7, 11) is 0. The predicted molar refractivity (Wildman–Crippen MR) is 290 cm³/mol. The maximum Gasteiger partial charge on any atom is 0.220 e. The standard InChI is InChI=1S/C61H121NO3/c1-3-5-7-9-11-13-15-17-19-21-23-24-25-26-27-28-29-30-31-32-33-34-35-36-37-38-39-41-43-45-47-49-51-53-55-57-61(65)62-59(58-63)60(64)56-54-52-50-48-46-44-42-40-22-20-18-16-14-12-10-8-6-4-2/h54,56,59-60,63-64H,3-53,55,57-58H2,1-2H3,(H,62,65)/b56-54+. The fourth-order valence-corrected chi connectivity index (χ4v) is 9.89. The number of carbonyl (C=O) groups excluding carboxylic acids is 1. The van der Waals surface area contributed by atoms with Crippen LogP contribution < -0.4 is 5.32 Å². The van der Waals surface area contributed by atoms with Crippen LogP contribution in [-0.4, -0.2) is 34.9 Å². The SMILES string of the molecule is CCCCCCCCCCCCCCCCCC/C=C/C(O)C(CO)NC(=O)CCCCCCCCCCCCCCCCCCCCCCCCCCCCCCCCCCCCC. The van der Waals surface area contributed by atoms with Gasteiger partial charge in [0.25, 0.3) is 0 Å². The van der Waals surface area contributed by atoms with Gasteiger partial charge in [0.15, 0.2) is 0 Å². The third kappa shape index (κ3) is 53.9. The van der Waals surface area contributed by atoms with E-state index < -0.39 is 12.1 Å². The Morgan fingerprint density at radius 3 is 0.800 bits per heavy atom. The van der Waals surface area contributed by atoms with Gasteiger partial charge in [-0.25, -0.2) is 0 Å². The number of hydrogen-bond donors (Lipinski definition) is 3. The Morgan fingerprint density at radius 2 is 0.569 bits per heavy atom. The minimum Gasteiger partial charge on any atom is -0.394 e. The highest BCUT2D eigenvalue weighted by atomic mass is 16.3. The minimum atomic E-state index is -0.835. The molecule has 388 valence electrons. The summed E-state index contributed by atoms with van der Waals surface area (Å²) in [5.74, 6) is -0.0552. The molecule has 0 saturated heterocycles. The number of amides is 1. The van der Waals surface area contributed by atoms with Gasteiger partial charge in [0, 0.05) is 6.42 Å². The van der Waals surface area contributed by atoms with Gasteiger partial charge in [0.05, 0.1) is 18.8 Å². The lowest BCUT2D eigenvalue weighted by Crippen LogP contribution is -2.45. The summed E-state index contributed by atoms with van der Waals surface area (Å²) in [6.07, 6.45) is 75.5. The zero-order chi connectivity index (χ0) is 47.0. The fraction of sp³-hybridized carbons (Fsp3) is 0.951. The zero-order valence-electron chi connectivity index (χ0n) is 44.8. The van der Waals surface area contributed by atoms with Crippen molar-refractivity contribution >= 4 is 5.91 Å². The molecule has 0 saturated carbocycles. The lowest BCUT2D eigenvalue weighted by atomic mass is 10.0. The number of rotatable bonds is 57. The zero-order valence-corrected chi connectivity index (χ0v) is 44.8. The maximum absolute atomic E-state index is 12.5. The summed E-state index contributed by atoms with van der Waals surface area (Å²) in [6.45, 7) is 4.35. The van der Waals surface area contributed by atoms with E-state index in [4.69, 9.17) is 0 Å². The number of nitrogens with one attached hydrogen (secondary N) is 1. The van der Waals surface area contributed by atoms with Crippen LogP contribution in [0.1, 0.15) is 354 Å². The molecule has 0 aromatic carbocycles. The normalized spacial score (nSPS) is 12.7. The Morgan fingerprint density at radius 1 is 0.354 bits per heavy atom. The largest absolute Gasteiger partial charge is 0.394 e. The first kappa shape index (κ1) is 64.1. The van der Waals surface area contributed by atoms with Crippen molar-refractivity contribution in [3.05, 3.63) is 12.2 Å². The second kappa shape index (κ2) is 57.4. The first-order chi connectivity index (χ1) is 32.2. The Hall–Kier alpha value is -0.870. The molecule has 0 aliphatic rings. The van der Waals surface area contributed by atoms with Crippen molar-refractivity contribution in [1.82, 2.24) is 5.32 Å². The summed E-state index contributed by atoms with van der Waals surface area (Å²) in [5, 5.41) is 23.2. The van der Waals surface area contributed by atoms with E-state index in [9.17, 15) is 15.0 Å². The molecule has 3 N–H and O–H groups in total. The Balaban J connectivity index is 3.38. The third-order valence-electron chi connectivity index (χ3n) is 14.5. The first-order valence-electron chi connectivity index (χ1n) is 30.4. The van der Waals surface area contributed by atoms with E-state index in [1.54, 1.807) is 6.08 Å². The number of carbonyl (C=O) groups is 1. The average molecular weight is 917 g/mol. The first-order valence-corrected chi connectivity index (χ1v) is 30.4. The van der Waals surface area contributed by atoms with E-state index in [-0.39, 0.29) is 12.5 Å². The van der Waals surface area contributed by atoms with E-state index in [0.29, 0.717) is 6.42 Å². The molecule has 0 heterocycles. The van der Waals surface area contributed by atoms with Crippen LogP contribution in [0.4, 0.5) is 0 Å². The molecule has 0 aromatic rings. The van der Waals surface area contributed by atoms with Crippen molar-refractivity contribution in [2.45, 2.75) is 366 Å². The molecule has 0 rings (SSSR count). The van der Waals surface area contributed by atoms with Crippen LogP contribution in [0.25, 0.3) is 0 Å². The topological polar surface area (TPSA) is 69.6 Å². The smallest absolute Gasteiger partial charge is 0.220 e. The highest BCUT2D eigenvalue weighted by molar-refractivity contribution is 5.76. The fourth-order valence-electron chi connectivity index (χ4n) is 9.89. The van der Waals surface area contributed by atoms with Gasteiger partial charge < -0.3 is 15.5 Å². The van der Waals surface area contributed by atoms with Gasteiger partial charge in [-0.15, -0.1) is 0 Å². The number of unbranched alkanes of at least 4 members (excludes halogenated alkanes) is 50. The molecule has 1 amide bonds. The van der Waals surface area contributed by atoms with Gasteiger partial charge in [0.1, 0.15) is 0 Å². The van der Waals surface area contributed by atoms with E-state index in [0.717, 1.165) is 25.7 Å². The number of aliphatic hydroxyl groups is 2. The second-order valence-corrected chi connectivity index (χ2v) is 21.1. The minimum absolute atomic E-state index is 0.0552. The third-order valence-corrected chi connectivity index (χ3v) is 14.5. The van der Waals surface area contributed by atoms with Gasteiger partial charge in [0.2, 0.25) is 5.91 Å². The van der Waals surface area contributed by atoms with Crippen molar-refractivity contribution in [3.8, 4) is 0 Å². The van der Waals surface area contributed by atoms with Crippen LogP contribution in [0.2, 0.25) is 0 Å². The number of hydrogen-bond acceptors (Lipinski definition) is 3. The Labute approximate surface area is 409 Å². The quantitative estimate of drug-likeness (QED) is 0.0421. The molecule has 0 aliphatic heterocycles. The van der Waals surface area contributed by atoms with Crippen LogP contribution in [0.15, 0.2) is 12.2 Å². The predicted octanol–water partition coefficient (Wildman–Crippen LogP) is 20.1.